The third-order valence-electron chi connectivity index (χ3n) is 5.19. The lowest BCUT2D eigenvalue weighted by atomic mass is 10.0. The van der Waals surface area contributed by atoms with E-state index in [-0.39, 0.29) is 12.5 Å². The Kier molecular flexibility index (Phi) is 6.10. The topological polar surface area (TPSA) is 82.1 Å². The summed E-state index contributed by atoms with van der Waals surface area (Å²) in [5, 5.41) is 0. The number of methoxy groups -OCH3 is 2. The van der Waals surface area contributed by atoms with Crippen molar-refractivity contribution in [3.8, 4) is 11.5 Å². The molecular weight excluding hydrogens is 386 g/mol. The highest BCUT2D eigenvalue weighted by Crippen LogP contribution is 2.31. The maximum Gasteiger partial charge on any atom is 0.329 e. The van der Waals surface area contributed by atoms with Crippen LogP contribution < -0.4 is 9.47 Å². The van der Waals surface area contributed by atoms with Gasteiger partial charge in [0.25, 0.3) is 11.8 Å². The lowest BCUT2D eigenvalue weighted by molar-refractivity contribution is -0.151. The van der Waals surface area contributed by atoms with E-state index < -0.39 is 23.8 Å². The molecule has 158 valence electrons. The number of nitrogens with zero attached hydrogens (tertiary/aromatic N) is 1. The van der Waals surface area contributed by atoms with E-state index in [1.54, 1.807) is 57.4 Å². The molecule has 1 aliphatic rings. The number of aryl methyl sites for hydroxylation is 1. The van der Waals surface area contributed by atoms with Crippen LogP contribution in [0.25, 0.3) is 0 Å². The number of rotatable bonds is 7. The molecule has 0 saturated heterocycles. The Balaban J connectivity index is 1.81. The molecule has 0 unspecified atom stereocenters. The molecule has 1 heterocycles. The minimum absolute atomic E-state index is 0.0165. The van der Waals surface area contributed by atoms with Crippen molar-refractivity contribution in [2.75, 3.05) is 14.2 Å². The first-order chi connectivity index (χ1) is 14.3. The first kappa shape index (κ1) is 21.4. The molecule has 0 aromatic heterocycles. The van der Waals surface area contributed by atoms with Gasteiger partial charge in [0.2, 0.25) is 0 Å². The second-order valence-electron chi connectivity index (χ2n) is 7.46. The molecule has 1 aliphatic heterocycles. The minimum Gasteiger partial charge on any atom is -0.493 e. The van der Waals surface area contributed by atoms with E-state index in [1.807, 2.05) is 6.92 Å². The van der Waals surface area contributed by atoms with Gasteiger partial charge in [0.1, 0.15) is 12.6 Å². The molecule has 2 amide bonds. The minimum atomic E-state index is -1.02. The van der Waals surface area contributed by atoms with Crippen molar-refractivity contribution in [3.63, 3.8) is 0 Å². The van der Waals surface area contributed by atoms with Gasteiger partial charge in [0.05, 0.1) is 25.3 Å². The van der Waals surface area contributed by atoms with Crippen molar-refractivity contribution in [3.05, 3.63) is 58.7 Å². The number of imide groups is 1. The van der Waals surface area contributed by atoms with Crippen LogP contribution in [0, 0.1) is 12.8 Å². The number of amides is 2. The van der Waals surface area contributed by atoms with Crippen LogP contribution in [0.1, 0.15) is 45.7 Å². The third-order valence-corrected chi connectivity index (χ3v) is 5.19. The lowest BCUT2D eigenvalue weighted by Crippen LogP contribution is -2.48. The van der Waals surface area contributed by atoms with Gasteiger partial charge in [0.15, 0.2) is 11.5 Å². The largest absolute Gasteiger partial charge is 0.493 e. The SMILES string of the molecule is COc1cc(C)c(COC(=O)[C@H](C(C)C)N2C(=O)c3ccccc3C2=O)cc1OC. The van der Waals surface area contributed by atoms with Gasteiger partial charge in [-0.25, -0.2) is 4.79 Å². The molecule has 7 heteroatoms. The van der Waals surface area contributed by atoms with E-state index in [1.165, 1.54) is 7.11 Å². The summed E-state index contributed by atoms with van der Waals surface area (Å²) in [5.41, 5.74) is 2.21. The summed E-state index contributed by atoms with van der Waals surface area (Å²) in [6.45, 7) is 5.40. The van der Waals surface area contributed by atoms with Crippen molar-refractivity contribution in [2.24, 2.45) is 5.92 Å². The van der Waals surface area contributed by atoms with Crippen LogP contribution in [-0.4, -0.2) is 42.9 Å². The highest BCUT2D eigenvalue weighted by molar-refractivity contribution is 6.22. The zero-order valence-electron chi connectivity index (χ0n) is 17.7. The average molecular weight is 411 g/mol. The molecule has 2 aromatic carbocycles. The van der Waals surface area contributed by atoms with Crippen molar-refractivity contribution < 1.29 is 28.6 Å². The van der Waals surface area contributed by atoms with E-state index >= 15 is 0 Å². The van der Waals surface area contributed by atoms with Gasteiger partial charge in [-0.1, -0.05) is 26.0 Å². The Morgan fingerprint density at radius 2 is 1.50 bits per heavy atom. The molecule has 0 fully saturated rings. The van der Waals surface area contributed by atoms with Gasteiger partial charge in [0, 0.05) is 0 Å². The fourth-order valence-electron chi connectivity index (χ4n) is 3.55. The van der Waals surface area contributed by atoms with Gasteiger partial charge in [-0.15, -0.1) is 0 Å². The number of esters is 1. The fourth-order valence-corrected chi connectivity index (χ4v) is 3.55. The summed E-state index contributed by atoms with van der Waals surface area (Å²) in [6, 6.07) is 9.08. The number of hydrogen-bond acceptors (Lipinski definition) is 6. The average Bonchev–Trinajstić information content (AvgIpc) is 2.98. The standard InChI is InChI=1S/C23H25NO6/c1-13(2)20(24-21(25)16-8-6-7-9-17(16)22(24)26)23(27)30-12-15-11-19(29-5)18(28-4)10-14(15)3/h6-11,13,20H,12H2,1-5H3/t20-/m0/s1. The predicted molar refractivity (Wildman–Crippen MR) is 110 cm³/mol. The number of carbonyl (C=O) groups excluding carboxylic acids is 3. The number of fused-ring (bicyclic) bond motifs is 1. The number of carbonyl (C=O) groups is 3. The second-order valence-corrected chi connectivity index (χ2v) is 7.46. The maximum absolute atomic E-state index is 13.0. The van der Waals surface area contributed by atoms with Gasteiger partial charge in [-0.3, -0.25) is 14.5 Å². The van der Waals surface area contributed by atoms with Gasteiger partial charge in [-0.05, 0) is 48.2 Å². The second kappa shape index (κ2) is 8.57. The third kappa shape index (κ3) is 3.75. The quantitative estimate of drug-likeness (QED) is 0.513. The Morgan fingerprint density at radius 3 is 2.00 bits per heavy atom. The molecule has 7 nitrogen and oxygen atoms in total. The van der Waals surface area contributed by atoms with Crippen molar-refractivity contribution >= 4 is 17.8 Å². The first-order valence-electron chi connectivity index (χ1n) is 9.65. The smallest absolute Gasteiger partial charge is 0.329 e. The van der Waals surface area contributed by atoms with Crippen molar-refractivity contribution in [1.29, 1.82) is 0 Å². The molecule has 0 N–H and O–H groups in total. The Hall–Kier alpha value is -3.35. The van der Waals surface area contributed by atoms with E-state index in [0.717, 1.165) is 16.0 Å². The van der Waals surface area contributed by atoms with Crippen LogP contribution in [0.15, 0.2) is 36.4 Å². The summed E-state index contributed by atoms with van der Waals surface area (Å²) >= 11 is 0. The molecular formula is C23H25NO6. The Bertz CT molecular complexity index is 962. The molecule has 1 atom stereocenters. The van der Waals surface area contributed by atoms with E-state index in [9.17, 15) is 14.4 Å². The van der Waals surface area contributed by atoms with E-state index in [4.69, 9.17) is 14.2 Å². The van der Waals surface area contributed by atoms with Crippen molar-refractivity contribution in [1.82, 2.24) is 4.90 Å². The summed E-state index contributed by atoms with van der Waals surface area (Å²) in [4.78, 5) is 39.6. The van der Waals surface area contributed by atoms with E-state index in [0.29, 0.717) is 22.6 Å². The highest BCUT2D eigenvalue weighted by atomic mass is 16.5. The highest BCUT2D eigenvalue weighted by Gasteiger charge is 2.44. The van der Waals surface area contributed by atoms with Crippen LogP contribution in [0.3, 0.4) is 0 Å². The molecule has 30 heavy (non-hydrogen) atoms. The zero-order chi connectivity index (χ0) is 22.0. The molecule has 2 aromatic rings. The Morgan fingerprint density at radius 1 is 0.967 bits per heavy atom. The van der Waals surface area contributed by atoms with Gasteiger partial charge < -0.3 is 14.2 Å². The van der Waals surface area contributed by atoms with Crippen LogP contribution in [0.5, 0.6) is 11.5 Å². The summed E-state index contributed by atoms with van der Waals surface area (Å²) in [6.07, 6.45) is 0. The van der Waals surface area contributed by atoms with Crippen molar-refractivity contribution in [2.45, 2.75) is 33.4 Å². The first-order valence-corrected chi connectivity index (χ1v) is 9.65. The van der Waals surface area contributed by atoms with Crippen LogP contribution in [0.2, 0.25) is 0 Å². The normalized spacial score (nSPS) is 14.0. The van der Waals surface area contributed by atoms with Gasteiger partial charge >= 0.3 is 5.97 Å². The van der Waals surface area contributed by atoms with Crippen LogP contribution >= 0.6 is 0 Å². The number of hydrogen-bond donors (Lipinski definition) is 0. The Labute approximate surface area is 175 Å². The molecule has 0 saturated carbocycles. The molecule has 3 rings (SSSR count). The molecule has 0 spiro atoms. The molecule has 0 radical (unpaired) electrons. The number of benzene rings is 2. The lowest BCUT2D eigenvalue weighted by Gasteiger charge is -2.27. The number of ether oxygens (including phenoxy) is 3. The monoisotopic (exact) mass is 411 g/mol. The fraction of sp³-hybridized carbons (Fsp3) is 0.348. The zero-order valence-corrected chi connectivity index (χ0v) is 17.7. The molecule has 0 bridgehead atoms. The summed E-state index contributed by atoms with van der Waals surface area (Å²) < 4.78 is 16.1. The van der Waals surface area contributed by atoms with Crippen LogP contribution in [0.4, 0.5) is 0 Å². The molecule has 0 aliphatic carbocycles. The summed E-state index contributed by atoms with van der Waals surface area (Å²) in [5.74, 6) is -0.798. The summed E-state index contributed by atoms with van der Waals surface area (Å²) in [7, 11) is 3.08. The maximum atomic E-state index is 13.0. The van der Waals surface area contributed by atoms with E-state index in [2.05, 4.69) is 0 Å². The predicted octanol–water partition coefficient (Wildman–Crippen LogP) is 3.38. The van der Waals surface area contributed by atoms with Gasteiger partial charge in [-0.2, -0.15) is 0 Å². The van der Waals surface area contributed by atoms with Crippen LogP contribution in [-0.2, 0) is 16.1 Å².